The third kappa shape index (κ3) is 4.10. The number of alkyl halides is 1. The summed E-state index contributed by atoms with van der Waals surface area (Å²) in [6.45, 7) is 0.436. The fraction of sp³-hybridized carbons (Fsp3) is 0.909. The molecule has 0 spiro atoms. The molecular formula is C11H18F2N2O3S. The third-order valence-corrected chi connectivity index (χ3v) is 4.41. The van der Waals surface area contributed by atoms with Gasteiger partial charge in [-0.1, -0.05) is 0 Å². The van der Waals surface area contributed by atoms with Crippen molar-refractivity contribution in [3.63, 3.8) is 0 Å². The Morgan fingerprint density at radius 1 is 1.47 bits per heavy atom. The molecule has 1 aliphatic heterocycles. The number of hydrogen-bond acceptors (Lipinski definition) is 4. The number of amides is 1. The van der Waals surface area contributed by atoms with Gasteiger partial charge in [-0.2, -0.15) is 8.42 Å². The van der Waals surface area contributed by atoms with Gasteiger partial charge in [0.25, 0.3) is 0 Å². The van der Waals surface area contributed by atoms with E-state index in [-0.39, 0.29) is 31.5 Å². The number of likely N-dealkylation sites (N-methyl/N-ethyl adjacent to an activating group) is 1. The molecule has 0 bridgehead atoms. The average molecular weight is 296 g/mol. The van der Waals surface area contributed by atoms with Crippen LogP contribution in [0.2, 0.25) is 0 Å². The van der Waals surface area contributed by atoms with E-state index in [9.17, 15) is 21.5 Å². The predicted octanol–water partition coefficient (Wildman–Crippen LogP) is 0.320. The first-order chi connectivity index (χ1) is 8.69. The zero-order chi connectivity index (χ0) is 14.3. The second-order valence-corrected chi connectivity index (χ2v) is 6.98. The van der Waals surface area contributed by atoms with Crippen LogP contribution < -0.4 is 0 Å². The first-order valence-corrected chi connectivity index (χ1v) is 7.83. The van der Waals surface area contributed by atoms with Crippen molar-refractivity contribution in [3.8, 4) is 0 Å². The van der Waals surface area contributed by atoms with Crippen LogP contribution in [0, 0.1) is 0 Å². The van der Waals surface area contributed by atoms with E-state index in [1.165, 1.54) is 4.90 Å². The Morgan fingerprint density at radius 3 is 2.53 bits per heavy atom. The fourth-order valence-corrected chi connectivity index (χ4v) is 2.81. The first kappa shape index (κ1) is 14.6. The zero-order valence-electron chi connectivity index (χ0n) is 10.8. The van der Waals surface area contributed by atoms with Gasteiger partial charge in [-0.25, -0.2) is 4.39 Å². The minimum absolute atomic E-state index is 0.0539. The van der Waals surface area contributed by atoms with Gasteiger partial charge in [-0.3, -0.25) is 9.69 Å². The predicted molar refractivity (Wildman–Crippen MR) is 65.6 cm³/mol. The monoisotopic (exact) mass is 296 g/mol. The fourth-order valence-electron chi connectivity index (χ4n) is 2.36. The molecule has 5 nitrogen and oxygen atoms in total. The van der Waals surface area contributed by atoms with Crippen molar-refractivity contribution in [1.29, 1.82) is 0 Å². The highest BCUT2D eigenvalue weighted by atomic mass is 32.3. The zero-order valence-corrected chi connectivity index (χ0v) is 11.6. The number of hydrogen-bond donors (Lipinski definition) is 0. The number of carbonyl (C=O) groups is 1. The second kappa shape index (κ2) is 4.97. The Balaban J connectivity index is 1.99. The molecule has 1 heterocycles. The van der Waals surface area contributed by atoms with Crippen LogP contribution >= 0.6 is 0 Å². The maximum Gasteiger partial charge on any atom is 0.303 e. The van der Waals surface area contributed by atoms with Crippen LogP contribution in [0.3, 0.4) is 0 Å². The van der Waals surface area contributed by atoms with E-state index in [0.717, 1.165) is 0 Å². The molecule has 1 amide bonds. The Hall–Kier alpha value is -0.760. The Morgan fingerprint density at radius 2 is 2.11 bits per heavy atom. The molecule has 2 fully saturated rings. The summed E-state index contributed by atoms with van der Waals surface area (Å²) in [4.78, 5) is 14.6. The summed E-state index contributed by atoms with van der Waals surface area (Å²) in [5, 5.41) is 0. The topological polar surface area (TPSA) is 57.7 Å². The van der Waals surface area contributed by atoms with Crippen molar-refractivity contribution in [3.05, 3.63) is 0 Å². The van der Waals surface area contributed by atoms with E-state index >= 15 is 0 Å². The molecule has 0 N–H and O–H groups in total. The summed E-state index contributed by atoms with van der Waals surface area (Å²) in [5.74, 6) is -0.709. The smallest absolute Gasteiger partial charge is 0.303 e. The number of carbonyl (C=O) groups excluding carboxylic acids is 1. The van der Waals surface area contributed by atoms with E-state index in [1.54, 1.807) is 11.9 Å². The van der Waals surface area contributed by atoms with Crippen LogP contribution in [0.15, 0.2) is 0 Å². The molecule has 1 unspecified atom stereocenters. The van der Waals surface area contributed by atoms with Crippen LogP contribution in [-0.4, -0.2) is 68.3 Å². The van der Waals surface area contributed by atoms with Crippen molar-refractivity contribution >= 4 is 16.1 Å². The molecule has 110 valence electrons. The molecule has 1 saturated heterocycles. The standard InChI is InChI=1S/C11H18F2N2O3S/c1-14-7-9(6-10(14)16)15(4-5-19(13,17)18)8-11(12)2-3-11/h9H,2-8H2,1H3. The van der Waals surface area contributed by atoms with Crippen molar-refractivity contribution in [1.82, 2.24) is 9.80 Å². The van der Waals surface area contributed by atoms with Crippen molar-refractivity contribution in [2.45, 2.75) is 31.0 Å². The van der Waals surface area contributed by atoms with E-state index in [0.29, 0.717) is 19.4 Å². The molecule has 19 heavy (non-hydrogen) atoms. The number of rotatable bonds is 6. The molecule has 0 aromatic heterocycles. The van der Waals surface area contributed by atoms with Gasteiger partial charge < -0.3 is 4.90 Å². The first-order valence-electron chi connectivity index (χ1n) is 6.28. The minimum Gasteiger partial charge on any atom is -0.344 e. The van der Waals surface area contributed by atoms with E-state index in [1.807, 2.05) is 0 Å². The van der Waals surface area contributed by atoms with Crippen molar-refractivity contribution in [2.75, 3.05) is 32.4 Å². The van der Waals surface area contributed by atoms with Gasteiger partial charge >= 0.3 is 10.2 Å². The van der Waals surface area contributed by atoms with E-state index in [4.69, 9.17) is 0 Å². The molecule has 1 aliphatic carbocycles. The molecule has 0 aromatic carbocycles. The van der Waals surface area contributed by atoms with Gasteiger partial charge in [0.1, 0.15) is 5.67 Å². The number of nitrogens with zero attached hydrogens (tertiary/aromatic N) is 2. The summed E-state index contributed by atoms with van der Waals surface area (Å²) < 4.78 is 47.6. The van der Waals surface area contributed by atoms with Gasteiger partial charge in [-0.05, 0) is 12.8 Å². The van der Waals surface area contributed by atoms with Crippen LogP contribution in [0.4, 0.5) is 8.28 Å². The van der Waals surface area contributed by atoms with Gasteiger partial charge in [0, 0.05) is 39.1 Å². The number of halogens is 2. The lowest BCUT2D eigenvalue weighted by molar-refractivity contribution is -0.126. The maximum atomic E-state index is 13.8. The lowest BCUT2D eigenvalue weighted by Crippen LogP contribution is -2.43. The molecular weight excluding hydrogens is 278 g/mol. The summed E-state index contributed by atoms with van der Waals surface area (Å²) in [7, 11) is -2.93. The van der Waals surface area contributed by atoms with Crippen LogP contribution in [0.25, 0.3) is 0 Å². The average Bonchev–Trinajstić information content (AvgIpc) is 2.91. The van der Waals surface area contributed by atoms with Crippen LogP contribution in [0.1, 0.15) is 19.3 Å². The molecule has 8 heteroatoms. The van der Waals surface area contributed by atoms with Crippen LogP contribution in [-0.2, 0) is 15.0 Å². The third-order valence-electron chi connectivity index (χ3n) is 3.74. The molecule has 0 radical (unpaired) electrons. The van der Waals surface area contributed by atoms with Gasteiger partial charge in [0.2, 0.25) is 5.91 Å². The largest absolute Gasteiger partial charge is 0.344 e. The molecule has 1 atom stereocenters. The molecule has 0 aromatic rings. The normalized spacial score (nSPS) is 26.2. The summed E-state index contributed by atoms with van der Waals surface area (Å²) in [5.41, 5.74) is -1.29. The Bertz CT molecular complexity index is 465. The van der Waals surface area contributed by atoms with E-state index in [2.05, 4.69) is 0 Å². The number of likely N-dealkylation sites (tertiary alicyclic amines) is 1. The van der Waals surface area contributed by atoms with E-state index < -0.39 is 21.6 Å². The lowest BCUT2D eigenvalue weighted by atomic mass is 10.2. The highest BCUT2D eigenvalue weighted by molar-refractivity contribution is 7.86. The summed E-state index contributed by atoms with van der Waals surface area (Å²) >= 11 is 0. The second-order valence-electron chi connectivity index (χ2n) is 5.50. The lowest BCUT2D eigenvalue weighted by Gasteiger charge is -2.29. The SMILES string of the molecule is CN1CC(N(CCS(=O)(=O)F)CC2(F)CC2)CC1=O. The van der Waals surface area contributed by atoms with Gasteiger partial charge in [-0.15, -0.1) is 3.89 Å². The molecule has 2 rings (SSSR count). The Labute approximate surface area is 111 Å². The Kier molecular flexibility index (Phi) is 3.83. The summed E-state index contributed by atoms with van der Waals surface area (Å²) in [6.07, 6.45) is 1.13. The summed E-state index contributed by atoms with van der Waals surface area (Å²) in [6, 6.07) is -0.229. The van der Waals surface area contributed by atoms with Gasteiger partial charge in [0.15, 0.2) is 0 Å². The quantitative estimate of drug-likeness (QED) is 0.662. The van der Waals surface area contributed by atoms with Crippen molar-refractivity contribution in [2.24, 2.45) is 0 Å². The van der Waals surface area contributed by atoms with Crippen LogP contribution in [0.5, 0.6) is 0 Å². The molecule has 1 saturated carbocycles. The maximum absolute atomic E-state index is 13.8. The highest BCUT2D eigenvalue weighted by Gasteiger charge is 2.46. The highest BCUT2D eigenvalue weighted by Crippen LogP contribution is 2.41. The van der Waals surface area contributed by atoms with Gasteiger partial charge in [0.05, 0.1) is 5.75 Å². The molecule has 2 aliphatic rings. The van der Waals surface area contributed by atoms with Crippen molar-refractivity contribution < 1.29 is 21.5 Å². The minimum atomic E-state index is -4.57.